The fourth-order valence-corrected chi connectivity index (χ4v) is 4.16. The molecule has 2 amide bonds. The molecule has 3 rings (SSSR count). The highest BCUT2D eigenvalue weighted by Gasteiger charge is 2.51. The lowest BCUT2D eigenvalue weighted by Gasteiger charge is -2.40. The van der Waals surface area contributed by atoms with Crippen molar-refractivity contribution in [1.29, 1.82) is 0 Å². The first-order valence-electron chi connectivity index (χ1n) is 7.40. The molecule has 1 N–H and O–H groups in total. The van der Waals surface area contributed by atoms with Gasteiger partial charge in [0.05, 0.1) is 5.92 Å². The van der Waals surface area contributed by atoms with E-state index in [1.165, 1.54) is 0 Å². The molecule has 0 aromatic heterocycles. The predicted octanol–water partition coefficient (Wildman–Crippen LogP) is 2.93. The third-order valence-corrected chi connectivity index (χ3v) is 4.92. The zero-order valence-corrected chi connectivity index (χ0v) is 12.1. The standard InChI is InChI=1S/C17H21NO2/c1-11-4-3-5-13(8-11)15-16(20)18-14(19)10-17(15)7-6-12(2)9-17/h3-5,8,12,15H,6-7,9-10H2,1-2H3,(H,18,19,20). The molecule has 1 aliphatic heterocycles. The smallest absolute Gasteiger partial charge is 0.234 e. The molecule has 1 aromatic rings. The first-order chi connectivity index (χ1) is 9.50. The third kappa shape index (κ3) is 2.15. The Morgan fingerprint density at radius 3 is 2.75 bits per heavy atom. The number of carbonyl (C=O) groups is 2. The van der Waals surface area contributed by atoms with Crippen LogP contribution in [0.25, 0.3) is 0 Å². The van der Waals surface area contributed by atoms with Crippen molar-refractivity contribution in [3.63, 3.8) is 0 Å². The molecule has 106 valence electrons. The molecule has 3 heteroatoms. The molecule has 1 saturated carbocycles. The van der Waals surface area contributed by atoms with Gasteiger partial charge in [0, 0.05) is 6.42 Å². The van der Waals surface area contributed by atoms with Crippen LogP contribution in [0.3, 0.4) is 0 Å². The number of piperidine rings is 1. The molecule has 3 nitrogen and oxygen atoms in total. The Balaban J connectivity index is 2.04. The maximum absolute atomic E-state index is 12.5. The van der Waals surface area contributed by atoms with Gasteiger partial charge in [0.25, 0.3) is 0 Å². The van der Waals surface area contributed by atoms with Crippen LogP contribution < -0.4 is 5.32 Å². The van der Waals surface area contributed by atoms with Gasteiger partial charge < -0.3 is 0 Å². The van der Waals surface area contributed by atoms with Crippen LogP contribution in [0.4, 0.5) is 0 Å². The minimum absolute atomic E-state index is 0.104. The number of amides is 2. The Morgan fingerprint density at radius 2 is 2.10 bits per heavy atom. The van der Waals surface area contributed by atoms with E-state index in [0.717, 1.165) is 30.4 Å². The van der Waals surface area contributed by atoms with Gasteiger partial charge in [-0.15, -0.1) is 0 Å². The number of imide groups is 1. The maximum Gasteiger partial charge on any atom is 0.234 e. The van der Waals surface area contributed by atoms with Crippen molar-refractivity contribution in [2.75, 3.05) is 0 Å². The van der Waals surface area contributed by atoms with Crippen molar-refractivity contribution in [2.45, 2.75) is 45.4 Å². The van der Waals surface area contributed by atoms with E-state index < -0.39 is 0 Å². The molecule has 0 radical (unpaired) electrons. The fraction of sp³-hybridized carbons (Fsp3) is 0.529. The molecule has 20 heavy (non-hydrogen) atoms. The number of nitrogens with one attached hydrogen (secondary N) is 1. The van der Waals surface area contributed by atoms with Crippen LogP contribution in [0.1, 0.15) is 49.7 Å². The molecule has 2 fully saturated rings. The molecule has 1 saturated heterocycles. The lowest BCUT2D eigenvalue weighted by molar-refractivity contribution is -0.140. The summed E-state index contributed by atoms with van der Waals surface area (Å²) in [6, 6.07) is 8.16. The summed E-state index contributed by atoms with van der Waals surface area (Å²) in [7, 11) is 0. The van der Waals surface area contributed by atoms with E-state index in [9.17, 15) is 9.59 Å². The van der Waals surface area contributed by atoms with Gasteiger partial charge in [0.15, 0.2) is 0 Å². The number of hydrogen-bond donors (Lipinski definition) is 1. The van der Waals surface area contributed by atoms with Crippen molar-refractivity contribution in [3.8, 4) is 0 Å². The first kappa shape index (κ1) is 13.3. The van der Waals surface area contributed by atoms with Crippen molar-refractivity contribution in [3.05, 3.63) is 35.4 Å². The Labute approximate surface area is 119 Å². The topological polar surface area (TPSA) is 46.2 Å². The highest BCUT2D eigenvalue weighted by Crippen LogP contribution is 2.54. The molecule has 1 heterocycles. The number of rotatable bonds is 1. The van der Waals surface area contributed by atoms with Gasteiger partial charge in [0.2, 0.25) is 11.8 Å². The zero-order valence-electron chi connectivity index (χ0n) is 12.1. The van der Waals surface area contributed by atoms with Crippen LogP contribution >= 0.6 is 0 Å². The third-order valence-electron chi connectivity index (χ3n) is 4.92. The summed E-state index contributed by atoms with van der Waals surface area (Å²) in [5, 5.41) is 2.54. The van der Waals surface area contributed by atoms with Crippen LogP contribution in [-0.4, -0.2) is 11.8 Å². The van der Waals surface area contributed by atoms with E-state index in [2.05, 4.69) is 18.3 Å². The highest BCUT2D eigenvalue weighted by molar-refractivity contribution is 6.02. The van der Waals surface area contributed by atoms with Gasteiger partial charge in [-0.25, -0.2) is 0 Å². The van der Waals surface area contributed by atoms with Gasteiger partial charge >= 0.3 is 0 Å². The van der Waals surface area contributed by atoms with Crippen LogP contribution in [-0.2, 0) is 9.59 Å². The summed E-state index contributed by atoms with van der Waals surface area (Å²) in [5.41, 5.74) is 2.06. The minimum Gasteiger partial charge on any atom is -0.296 e. The second-order valence-electron chi connectivity index (χ2n) is 6.65. The maximum atomic E-state index is 12.5. The molecular weight excluding hydrogens is 250 g/mol. The van der Waals surface area contributed by atoms with Crippen molar-refractivity contribution < 1.29 is 9.59 Å². The first-order valence-corrected chi connectivity index (χ1v) is 7.40. The van der Waals surface area contributed by atoms with Crippen LogP contribution in [0.5, 0.6) is 0 Å². The fourth-order valence-electron chi connectivity index (χ4n) is 4.16. The predicted molar refractivity (Wildman–Crippen MR) is 77.1 cm³/mol. The second-order valence-corrected chi connectivity index (χ2v) is 6.65. The SMILES string of the molecule is Cc1cccc(C2C(=O)NC(=O)CC23CCC(C)C3)c1. The molecule has 2 aliphatic rings. The molecule has 1 aliphatic carbocycles. The monoisotopic (exact) mass is 271 g/mol. The van der Waals surface area contributed by atoms with Gasteiger partial charge in [-0.3, -0.25) is 14.9 Å². The van der Waals surface area contributed by atoms with Crippen LogP contribution in [0.15, 0.2) is 24.3 Å². The van der Waals surface area contributed by atoms with E-state index >= 15 is 0 Å². The Hall–Kier alpha value is -1.64. The lowest BCUT2D eigenvalue weighted by Crippen LogP contribution is -2.49. The van der Waals surface area contributed by atoms with E-state index in [4.69, 9.17) is 0 Å². The number of hydrogen-bond acceptors (Lipinski definition) is 2. The van der Waals surface area contributed by atoms with Crippen molar-refractivity contribution in [2.24, 2.45) is 11.3 Å². The summed E-state index contributed by atoms with van der Waals surface area (Å²) in [4.78, 5) is 24.3. The van der Waals surface area contributed by atoms with Crippen LogP contribution in [0.2, 0.25) is 0 Å². The Bertz CT molecular complexity index is 566. The molecule has 1 spiro atoms. The number of aryl methyl sites for hydroxylation is 1. The summed E-state index contributed by atoms with van der Waals surface area (Å²) in [6.07, 6.45) is 3.56. The molecule has 3 unspecified atom stereocenters. The van der Waals surface area contributed by atoms with Crippen molar-refractivity contribution in [1.82, 2.24) is 5.32 Å². The van der Waals surface area contributed by atoms with Gasteiger partial charge in [0.1, 0.15) is 0 Å². The zero-order chi connectivity index (χ0) is 14.3. The Morgan fingerprint density at radius 1 is 1.30 bits per heavy atom. The molecule has 1 aromatic carbocycles. The van der Waals surface area contributed by atoms with Crippen LogP contribution in [0, 0.1) is 18.3 Å². The molecule has 0 bridgehead atoms. The largest absolute Gasteiger partial charge is 0.296 e. The summed E-state index contributed by atoms with van der Waals surface area (Å²) < 4.78 is 0. The quantitative estimate of drug-likeness (QED) is 0.798. The van der Waals surface area contributed by atoms with E-state index in [-0.39, 0.29) is 23.1 Å². The van der Waals surface area contributed by atoms with Crippen molar-refractivity contribution >= 4 is 11.8 Å². The Kier molecular flexibility index (Phi) is 3.15. The number of carbonyl (C=O) groups excluding carboxylic acids is 2. The molecule has 3 atom stereocenters. The van der Waals surface area contributed by atoms with E-state index in [1.54, 1.807) is 0 Å². The number of benzene rings is 1. The normalized spacial score (nSPS) is 33.5. The highest BCUT2D eigenvalue weighted by atomic mass is 16.2. The van der Waals surface area contributed by atoms with Gasteiger partial charge in [-0.2, -0.15) is 0 Å². The summed E-state index contributed by atoms with van der Waals surface area (Å²) in [5.74, 6) is 0.208. The average molecular weight is 271 g/mol. The lowest BCUT2D eigenvalue weighted by atomic mass is 9.65. The van der Waals surface area contributed by atoms with Gasteiger partial charge in [-0.1, -0.05) is 43.2 Å². The van der Waals surface area contributed by atoms with E-state index in [1.807, 2.05) is 25.1 Å². The second kappa shape index (κ2) is 4.72. The average Bonchev–Trinajstić information content (AvgIpc) is 2.69. The van der Waals surface area contributed by atoms with Gasteiger partial charge in [-0.05, 0) is 36.7 Å². The summed E-state index contributed by atoms with van der Waals surface area (Å²) in [6.45, 7) is 4.26. The summed E-state index contributed by atoms with van der Waals surface area (Å²) >= 11 is 0. The molecular formula is C17H21NO2. The minimum atomic E-state index is -0.176. The van der Waals surface area contributed by atoms with E-state index in [0.29, 0.717) is 12.3 Å².